The van der Waals surface area contributed by atoms with Crippen LogP contribution in [-0.4, -0.2) is 30.9 Å². The number of anilines is 1. The molecule has 1 atom stereocenters. The van der Waals surface area contributed by atoms with Gasteiger partial charge in [0.25, 0.3) is 5.91 Å². The Kier molecular flexibility index (Phi) is 8.06. The molecular formula is C17H26ClN3O2. The van der Waals surface area contributed by atoms with Gasteiger partial charge in [0, 0.05) is 30.3 Å². The van der Waals surface area contributed by atoms with E-state index in [9.17, 15) is 9.59 Å². The lowest BCUT2D eigenvalue weighted by atomic mass is 10.1. The van der Waals surface area contributed by atoms with Gasteiger partial charge in [0.1, 0.15) is 0 Å². The largest absolute Gasteiger partial charge is 0.352 e. The van der Waals surface area contributed by atoms with Crippen molar-refractivity contribution in [2.75, 3.05) is 18.4 Å². The van der Waals surface area contributed by atoms with Crippen LogP contribution >= 0.6 is 12.4 Å². The molecule has 128 valence electrons. The number of aryl methyl sites for hydroxylation is 1. The van der Waals surface area contributed by atoms with Crippen LogP contribution in [0.15, 0.2) is 18.2 Å². The molecule has 1 aromatic carbocycles. The third-order valence-electron chi connectivity index (χ3n) is 3.99. The second kappa shape index (κ2) is 9.53. The molecule has 1 heterocycles. The molecule has 1 saturated heterocycles. The molecule has 0 bridgehead atoms. The maximum Gasteiger partial charge on any atom is 0.251 e. The van der Waals surface area contributed by atoms with Crippen LogP contribution in [0.5, 0.6) is 0 Å². The van der Waals surface area contributed by atoms with Gasteiger partial charge in [0.15, 0.2) is 0 Å². The Hall–Kier alpha value is -1.59. The molecule has 0 saturated carbocycles. The van der Waals surface area contributed by atoms with E-state index in [1.165, 1.54) is 6.42 Å². The number of hydrogen-bond acceptors (Lipinski definition) is 3. The molecule has 1 aliphatic heterocycles. The van der Waals surface area contributed by atoms with Crippen molar-refractivity contribution in [2.24, 2.45) is 0 Å². The van der Waals surface area contributed by atoms with Crippen molar-refractivity contribution < 1.29 is 9.59 Å². The van der Waals surface area contributed by atoms with E-state index in [0.717, 1.165) is 24.9 Å². The summed E-state index contributed by atoms with van der Waals surface area (Å²) in [5, 5.41) is 9.08. The van der Waals surface area contributed by atoms with Crippen molar-refractivity contribution in [1.29, 1.82) is 0 Å². The van der Waals surface area contributed by atoms with Crippen LogP contribution in [0.1, 0.15) is 48.5 Å². The number of carbonyl (C=O) groups is 2. The molecule has 0 aliphatic carbocycles. The van der Waals surface area contributed by atoms with Gasteiger partial charge >= 0.3 is 0 Å². The maximum atomic E-state index is 12.1. The Bertz CT molecular complexity index is 543. The van der Waals surface area contributed by atoms with E-state index in [-0.39, 0.29) is 24.2 Å². The summed E-state index contributed by atoms with van der Waals surface area (Å²) >= 11 is 0. The first kappa shape index (κ1) is 19.5. The Morgan fingerprint density at radius 1 is 1.35 bits per heavy atom. The Morgan fingerprint density at radius 2 is 2.13 bits per heavy atom. The summed E-state index contributed by atoms with van der Waals surface area (Å²) < 4.78 is 0. The highest BCUT2D eigenvalue weighted by atomic mass is 35.5. The predicted molar refractivity (Wildman–Crippen MR) is 95.3 cm³/mol. The fraction of sp³-hybridized carbons (Fsp3) is 0.529. The van der Waals surface area contributed by atoms with Gasteiger partial charge in [0.05, 0.1) is 0 Å². The van der Waals surface area contributed by atoms with Crippen LogP contribution < -0.4 is 16.0 Å². The van der Waals surface area contributed by atoms with Crippen LogP contribution in [0.25, 0.3) is 0 Å². The Balaban J connectivity index is 0.00000264. The lowest BCUT2D eigenvalue weighted by Crippen LogP contribution is -2.24. The minimum atomic E-state index is -0.117. The summed E-state index contributed by atoms with van der Waals surface area (Å²) in [5.74, 6) is -0.113. The number of amides is 2. The van der Waals surface area contributed by atoms with Crippen molar-refractivity contribution in [2.45, 2.75) is 45.6 Å². The number of carbonyl (C=O) groups excluding carboxylic acids is 2. The van der Waals surface area contributed by atoms with Gasteiger partial charge in [-0.2, -0.15) is 0 Å². The summed E-state index contributed by atoms with van der Waals surface area (Å²) in [6.45, 7) is 5.45. The molecule has 2 rings (SSSR count). The number of benzene rings is 1. The molecule has 1 fully saturated rings. The molecule has 1 aromatic rings. The summed E-state index contributed by atoms with van der Waals surface area (Å²) in [6, 6.07) is 5.84. The van der Waals surface area contributed by atoms with Crippen molar-refractivity contribution in [3.8, 4) is 0 Å². The van der Waals surface area contributed by atoms with Crippen LogP contribution in [0.3, 0.4) is 0 Å². The Labute approximate surface area is 144 Å². The molecule has 0 spiro atoms. The monoisotopic (exact) mass is 339 g/mol. The first-order valence-corrected chi connectivity index (χ1v) is 8.02. The quantitative estimate of drug-likeness (QED) is 0.746. The molecule has 3 N–H and O–H groups in total. The van der Waals surface area contributed by atoms with E-state index in [1.807, 2.05) is 19.9 Å². The second-order valence-electron chi connectivity index (χ2n) is 5.77. The predicted octanol–water partition coefficient (Wildman–Crippen LogP) is 2.64. The summed E-state index contributed by atoms with van der Waals surface area (Å²) in [6.07, 6.45) is 3.71. The average Bonchev–Trinajstić information content (AvgIpc) is 3.01. The molecule has 2 amide bonds. The van der Waals surface area contributed by atoms with Crippen LogP contribution in [0.2, 0.25) is 0 Å². The molecule has 5 nitrogen and oxygen atoms in total. The van der Waals surface area contributed by atoms with Gasteiger partial charge in [-0.3, -0.25) is 9.59 Å². The van der Waals surface area contributed by atoms with Crippen molar-refractivity contribution in [1.82, 2.24) is 10.6 Å². The average molecular weight is 340 g/mol. The number of halogens is 1. The SMILES string of the molecule is CCNC(=O)c1ccc(C)c(NC(=O)CCC2CCCN2)c1.Cl. The van der Waals surface area contributed by atoms with E-state index in [2.05, 4.69) is 16.0 Å². The Morgan fingerprint density at radius 3 is 2.78 bits per heavy atom. The molecule has 0 radical (unpaired) electrons. The van der Waals surface area contributed by atoms with Crippen LogP contribution in [-0.2, 0) is 4.79 Å². The topological polar surface area (TPSA) is 70.2 Å². The normalized spacial score (nSPS) is 16.5. The van der Waals surface area contributed by atoms with Gasteiger partial charge < -0.3 is 16.0 Å². The van der Waals surface area contributed by atoms with Gasteiger partial charge in [-0.1, -0.05) is 6.07 Å². The second-order valence-corrected chi connectivity index (χ2v) is 5.77. The summed E-state index contributed by atoms with van der Waals surface area (Å²) in [5.41, 5.74) is 2.24. The van der Waals surface area contributed by atoms with Gasteiger partial charge in [-0.15, -0.1) is 12.4 Å². The first-order valence-electron chi connectivity index (χ1n) is 8.02. The van der Waals surface area contributed by atoms with Crippen molar-refractivity contribution in [3.05, 3.63) is 29.3 Å². The highest BCUT2D eigenvalue weighted by Crippen LogP contribution is 2.18. The van der Waals surface area contributed by atoms with Crippen LogP contribution in [0, 0.1) is 6.92 Å². The fourth-order valence-electron chi connectivity index (χ4n) is 2.68. The van der Waals surface area contributed by atoms with E-state index >= 15 is 0 Å². The van der Waals surface area contributed by atoms with Gasteiger partial charge in [-0.25, -0.2) is 0 Å². The lowest BCUT2D eigenvalue weighted by Gasteiger charge is -2.12. The molecule has 0 aromatic heterocycles. The minimum Gasteiger partial charge on any atom is -0.352 e. The smallest absolute Gasteiger partial charge is 0.251 e. The van der Waals surface area contributed by atoms with Crippen LogP contribution in [0.4, 0.5) is 5.69 Å². The fourth-order valence-corrected chi connectivity index (χ4v) is 2.68. The van der Waals surface area contributed by atoms with E-state index in [1.54, 1.807) is 12.1 Å². The minimum absolute atomic E-state index is 0. The summed E-state index contributed by atoms with van der Waals surface area (Å²) in [7, 11) is 0. The molecular weight excluding hydrogens is 314 g/mol. The van der Waals surface area contributed by atoms with E-state index in [4.69, 9.17) is 0 Å². The zero-order valence-electron chi connectivity index (χ0n) is 13.8. The zero-order chi connectivity index (χ0) is 15.9. The number of hydrogen-bond donors (Lipinski definition) is 3. The third kappa shape index (κ3) is 5.84. The first-order chi connectivity index (χ1) is 10.6. The van der Waals surface area contributed by atoms with Crippen molar-refractivity contribution in [3.63, 3.8) is 0 Å². The molecule has 6 heteroatoms. The van der Waals surface area contributed by atoms with Crippen molar-refractivity contribution >= 4 is 29.9 Å². The van der Waals surface area contributed by atoms with E-state index in [0.29, 0.717) is 30.3 Å². The highest BCUT2D eigenvalue weighted by Gasteiger charge is 2.16. The number of rotatable bonds is 6. The standard InChI is InChI=1S/C17H25N3O2.ClH/c1-3-18-17(22)13-7-6-12(2)15(11-13)20-16(21)9-8-14-5-4-10-19-14;/h6-7,11,14,19H,3-5,8-10H2,1-2H3,(H,18,22)(H,20,21);1H. The maximum absolute atomic E-state index is 12.1. The van der Waals surface area contributed by atoms with E-state index < -0.39 is 0 Å². The van der Waals surface area contributed by atoms with Gasteiger partial charge in [0.2, 0.25) is 5.91 Å². The highest BCUT2D eigenvalue weighted by molar-refractivity contribution is 5.97. The van der Waals surface area contributed by atoms with Gasteiger partial charge in [-0.05, 0) is 57.4 Å². The lowest BCUT2D eigenvalue weighted by molar-refractivity contribution is -0.116. The third-order valence-corrected chi connectivity index (χ3v) is 3.99. The molecule has 1 unspecified atom stereocenters. The zero-order valence-corrected chi connectivity index (χ0v) is 14.6. The molecule has 1 aliphatic rings. The molecule has 23 heavy (non-hydrogen) atoms. The summed E-state index contributed by atoms with van der Waals surface area (Å²) in [4.78, 5) is 24.0. The number of nitrogens with one attached hydrogen (secondary N) is 3.